The molecule has 0 saturated carbocycles. The van der Waals surface area contributed by atoms with Crippen LogP contribution in [0.3, 0.4) is 0 Å². The molecule has 1 aliphatic heterocycles. The zero-order valence-electron chi connectivity index (χ0n) is 14.6. The third-order valence-corrected chi connectivity index (χ3v) is 4.96. The number of hydrogen-bond acceptors (Lipinski definition) is 4. The Morgan fingerprint density at radius 1 is 1.20 bits per heavy atom. The first-order valence-corrected chi connectivity index (χ1v) is 9.27. The lowest BCUT2D eigenvalue weighted by molar-refractivity contribution is -0.116. The maximum absolute atomic E-state index is 12.1. The number of rotatable bonds is 5. The van der Waals surface area contributed by atoms with Gasteiger partial charge in [0.25, 0.3) is 0 Å². The molecule has 0 unspecified atom stereocenters. The van der Waals surface area contributed by atoms with E-state index in [4.69, 9.17) is 16.1 Å². The average Bonchev–Trinajstić information content (AvgIpc) is 2.82. The number of benzene rings is 1. The monoisotopic (exact) mass is 361 g/mol. The van der Waals surface area contributed by atoms with E-state index in [1.807, 2.05) is 19.1 Å². The number of aromatic nitrogens is 1. The highest BCUT2D eigenvalue weighted by molar-refractivity contribution is 6.29. The average molecular weight is 362 g/mol. The fraction of sp³-hybridized carbons (Fsp3) is 0.474. The lowest BCUT2D eigenvalue weighted by Crippen LogP contribution is -2.23. The van der Waals surface area contributed by atoms with Crippen LogP contribution in [0.1, 0.15) is 43.4 Å². The summed E-state index contributed by atoms with van der Waals surface area (Å²) >= 11 is 5.93. The molecule has 1 N–H and O–H groups in total. The summed E-state index contributed by atoms with van der Waals surface area (Å²) in [5, 5.41) is 7.00. The van der Waals surface area contributed by atoms with Crippen molar-refractivity contribution in [2.75, 3.05) is 23.3 Å². The van der Waals surface area contributed by atoms with Gasteiger partial charge in [-0.25, -0.2) is 0 Å². The standard InChI is InChI=1S/C19H24ClN3O2/c1-14-17(19(20)25-22-14)10-11-18(24)21-15-6-8-16(9-7-15)23-12-4-2-3-5-13-23/h6-9H,2-5,10-13H2,1H3,(H,21,24). The molecule has 1 aliphatic rings. The van der Waals surface area contributed by atoms with Crippen LogP contribution in [0.2, 0.25) is 5.22 Å². The minimum atomic E-state index is -0.0424. The Balaban J connectivity index is 1.53. The van der Waals surface area contributed by atoms with Crippen LogP contribution in [0, 0.1) is 6.92 Å². The van der Waals surface area contributed by atoms with Crippen molar-refractivity contribution in [3.8, 4) is 0 Å². The lowest BCUT2D eigenvalue weighted by atomic mass is 10.1. The highest BCUT2D eigenvalue weighted by Crippen LogP contribution is 2.23. The molecule has 0 bridgehead atoms. The van der Waals surface area contributed by atoms with Gasteiger partial charge in [-0.3, -0.25) is 4.79 Å². The Bertz CT molecular complexity index is 684. The SMILES string of the molecule is Cc1noc(Cl)c1CCC(=O)Nc1ccc(N2CCCCCC2)cc1. The van der Waals surface area contributed by atoms with E-state index >= 15 is 0 Å². The van der Waals surface area contributed by atoms with E-state index in [9.17, 15) is 4.79 Å². The van der Waals surface area contributed by atoms with Crippen molar-refractivity contribution in [1.29, 1.82) is 0 Å². The Hall–Kier alpha value is -2.01. The predicted molar refractivity (Wildman–Crippen MR) is 100 cm³/mol. The van der Waals surface area contributed by atoms with Crippen LogP contribution in [-0.2, 0) is 11.2 Å². The van der Waals surface area contributed by atoms with Gasteiger partial charge in [0.1, 0.15) is 0 Å². The van der Waals surface area contributed by atoms with E-state index in [2.05, 4.69) is 27.5 Å². The summed E-state index contributed by atoms with van der Waals surface area (Å²) in [5.41, 5.74) is 3.58. The largest absolute Gasteiger partial charge is 0.372 e. The van der Waals surface area contributed by atoms with Gasteiger partial charge in [0, 0.05) is 36.4 Å². The number of amides is 1. The smallest absolute Gasteiger partial charge is 0.229 e. The van der Waals surface area contributed by atoms with Gasteiger partial charge in [-0.2, -0.15) is 0 Å². The third-order valence-electron chi connectivity index (χ3n) is 4.66. The molecule has 0 spiro atoms. The van der Waals surface area contributed by atoms with E-state index in [1.54, 1.807) is 0 Å². The van der Waals surface area contributed by atoms with E-state index in [0.29, 0.717) is 12.8 Å². The summed E-state index contributed by atoms with van der Waals surface area (Å²) in [5.74, 6) is -0.0424. The first-order valence-electron chi connectivity index (χ1n) is 8.89. The first kappa shape index (κ1) is 17.8. The van der Waals surface area contributed by atoms with Crippen LogP contribution in [0.25, 0.3) is 0 Å². The summed E-state index contributed by atoms with van der Waals surface area (Å²) in [6.45, 7) is 4.05. The van der Waals surface area contributed by atoms with Crippen LogP contribution in [0.4, 0.5) is 11.4 Å². The second-order valence-electron chi connectivity index (χ2n) is 6.52. The second kappa shape index (κ2) is 8.39. The highest BCUT2D eigenvalue weighted by Gasteiger charge is 2.13. The molecule has 0 atom stereocenters. The molecule has 1 saturated heterocycles. The Kier molecular flexibility index (Phi) is 5.97. The minimum absolute atomic E-state index is 0.0424. The molecule has 5 nitrogen and oxygen atoms in total. The lowest BCUT2D eigenvalue weighted by Gasteiger charge is -2.22. The van der Waals surface area contributed by atoms with E-state index in [0.717, 1.165) is 30.0 Å². The predicted octanol–water partition coefficient (Wildman–Crippen LogP) is 4.59. The fourth-order valence-electron chi connectivity index (χ4n) is 3.19. The number of nitrogens with zero attached hydrogens (tertiary/aromatic N) is 2. The molecular formula is C19H24ClN3O2. The summed E-state index contributed by atoms with van der Waals surface area (Å²) in [7, 11) is 0. The minimum Gasteiger partial charge on any atom is -0.372 e. The number of halogens is 1. The van der Waals surface area contributed by atoms with Gasteiger partial charge in [0.15, 0.2) is 0 Å². The van der Waals surface area contributed by atoms with Gasteiger partial charge in [0.05, 0.1) is 5.69 Å². The zero-order valence-corrected chi connectivity index (χ0v) is 15.3. The second-order valence-corrected chi connectivity index (χ2v) is 6.86. The molecule has 1 amide bonds. The van der Waals surface area contributed by atoms with Crippen LogP contribution >= 0.6 is 11.6 Å². The van der Waals surface area contributed by atoms with Gasteiger partial charge >= 0.3 is 0 Å². The molecule has 6 heteroatoms. The fourth-order valence-corrected chi connectivity index (χ4v) is 3.45. The van der Waals surface area contributed by atoms with Crippen molar-refractivity contribution in [2.24, 2.45) is 0 Å². The van der Waals surface area contributed by atoms with Crippen molar-refractivity contribution >= 4 is 28.9 Å². The third kappa shape index (κ3) is 4.75. The van der Waals surface area contributed by atoms with E-state index < -0.39 is 0 Å². The van der Waals surface area contributed by atoms with Crippen molar-refractivity contribution in [3.63, 3.8) is 0 Å². The quantitative estimate of drug-likeness (QED) is 0.846. The topological polar surface area (TPSA) is 58.4 Å². The van der Waals surface area contributed by atoms with Crippen molar-refractivity contribution in [2.45, 2.75) is 45.4 Å². The molecule has 2 aromatic rings. The maximum Gasteiger partial charge on any atom is 0.229 e. The van der Waals surface area contributed by atoms with Crippen LogP contribution in [0.15, 0.2) is 28.8 Å². The normalized spacial score (nSPS) is 15.0. The zero-order chi connectivity index (χ0) is 17.6. The number of carbonyl (C=O) groups is 1. The number of nitrogens with one attached hydrogen (secondary N) is 1. The molecular weight excluding hydrogens is 338 g/mol. The van der Waals surface area contributed by atoms with Gasteiger partial charge < -0.3 is 14.7 Å². The van der Waals surface area contributed by atoms with Crippen molar-refractivity contribution < 1.29 is 9.32 Å². The van der Waals surface area contributed by atoms with Gasteiger partial charge in [-0.05, 0) is 62.1 Å². The molecule has 0 radical (unpaired) electrons. The number of hydrogen-bond donors (Lipinski definition) is 1. The molecule has 1 aromatic carbocycles. The molecule has 134 valence electrons. The number of carbonyl (C=O) groups excluding carboxylic acids is 1. The van der Waals surface area contributed by atoms with Crippen LogP contribution in [-0.4, -0.2) is 24.2 Å². The summed E-state index contributed by atoms with van der Waals surface area (Å²) in [6, 6.07) is 8.11. The Morgan fingerprint density at radius 3 is 2.48 bits per heavy atom. The van der Waals surface area contributed by atoms with Gasteiger partial charge in [-0.1, -0.05) is 18.0 Å². The van der Waals surface area contributed by atoms with Crippen molar-refractivity contribution in [1.82, 2.24) is 5.16 Å². The molecule has 1 fully saturated rings. The molecule has 1 aromatic heterocycles. The molecule has 25 heavy (non-hydrogen) atoms. The van der Waals surface area contributed by atoms with E-state index in [-0.39, 0.29) is 11.1 Å². The first-order chi connectivity index (χ1) is 12.1. The van der Waals surface area contributed by atoms with Gasteiger partial charge in [-0.15, -0.1) is 0 Å². The maximum atomic E-state index is 12.1. The van der Waals surface area contributed by atoms with Gasteiger partial charge in [0.2, 0.25) is 11.1 Å². The van der Waals surface area contributed by atoms with Crippen LogP contribution < -0.4 is 10.2 Å². The highest BCUT2D eigenvalue weighted by atomic mass is 35.5. The summed E-state index contributed by atoms with van der Waals surface area (Å²) in [6.07, 6.45) is 6.01. The Labute approximate surface area is 153 Å². The van der Waals surface area contributed by atoms with Crippen molar-refractivity contribution in [3.05, 3.63) is 40.7 Å². The van der Waals surface area contributed by atoms with E-state index in [1.165, 1.54) is 31.4 Å². The molecule has 3 rings (SSSR count). The Morgan fingerprint density at radius 2 is 1.88 bits per heavy atom. The van der Waals surface area contributed by atoms with Crippen LogP contribution in [0.5, 0.6) is 0 Å². The summed E-state index contributed by atoms with van der Waals surface area (Å²) < 4.78 is 4.90. The number of anilines is 2. The summed E-state index contributed by atoms with van der Waals surface area (Å²) in [4.78, 5) is 14.6. The molecule has 2 heterocycles. The number of aryl methyl sites for hydroxylation is 1. The molecule has 0 aliphatic carbocycles.